The number of carbonyl (C=O) groups is 1. The van der Waals surface area contributed by atoms with E-state index in [1.807, 2.05) is 0 Å². The molecule has 0 saturated heterocycles. The molecule has 1 rings (SSSR count). The number of carboxylic acid groups (broad SMARTS) is 1. The van der Waals surface area contributed by atoms with Crippen molar-refractivity contribution in [3.05, 3.63) is 29.3 Å². The van der Waals surface area contributed by atoms with Crippen molar-refractivity contribution in [1.29, 1.82) is 0 Å². The average molecular weight is 214 g/mol. The number of rotatable bonds is 2. The molecule has 0 spiro atoms. The Labute approximate surface area is 80.7 Å². The van der Waals surface area contributed by atoms with Crippen LogP contribution in [0.4, 0.5) is 0 Å². The van der Waals surface area contributed by atoms with Gasteiger partial charge in [-0.05, 0) is 24.1 Å². The van der Waals surface area contributed by atoms with Crippen molar-refractivity contribution in [2.24, 2.45) is 0 Å². The highest BCUT2D eigenvalue weighted by atomic mass is 32.2. The molecule has 76 valence electrons. The Balaban J connectivity index is 3.44. The van der Waals surface area contributed by atoms with Crippen LogP contribution in [0.3, 0.4) is 0 Å². The molecule has 0 aliphatic rings. The predicted octanol–water partition coefficient (Wildman–Crippen LogP) is -0.737. The van der Waals surface area contributed by atoms with E-state index >= 15 is 0 Å². The minimum absolute atomic E-state index is 0.213. The van der Waals surface area contributed by atoms with Crippen molar-refractivity contribution < 1.29 is 22.9 Å². The Morgan fingerprint density at radius 2 is 1.93 bits per heavy atom. The zero-order chi connectivity index (χ0) is 10.9. The molecule has 6 heteroatoms. The van der Waals surface area contributed by atoms with Crippen molar-refractivity contribution >= 4 is 16.1 Å². The van der Waals surface area contributed by atoms with Crippen molar-refractivity contribution in [2.45, 2.75) is 11.8 Å². The van der Waals surface area contributed by atoms with Gasteiger partial charge in [-0.1, -0.05) is 12.1 Å². The third-order valence-corrected chi connectivity index (χ3v) is 2.67. The lowest BCUT2D eigenvalue weighted by Crippen LogP contribution is -2.22. The third-order valence-electron chi connectivity index (χ3n) is 1.69. The van der Waals surface area contributed by atoms with E-state index in [1.165, 1.54) is 19.1 Å². The fraction of sp³-hybridized carbons (Fsp3) is 0.125. The van der Waals surface area contributed by atoms with Gasteiger partial charge in [0.1, 0.15) is 10.1 Å². The van der Waals surface area contributed by atoms with Crippen molar-refractivity contribution in [3.8, 4) is 0 Å². The summed E-state index contributed by atoms with van der Waals surface area (Å²) in [5, 5.41) is 10.4. The molecule has 0 aliphatic heterocycles. The van der Waals surface area contributed by atoms with E-state index in [1.54, 1.807) is 0 Å². The smallest absolute Gasteiger partial charge is 0.124 e. The fourth-order valence-corrected chi connectivity index (χ4v) is 1.73. The second kappa shape index (κ2) is 3.39. The maximum atomic E-state index is 10.7. The molecule has 0 fully saturated rings. The Morgan fingerprint density at radius 3 is 2.36 bits per heavy atom. The van der Waals surface area contributed by atoms with E-state index in [9.17, 15) is 22.9 Å². The van der Waals surface area contributed by atoms with Gasteiger partial charge in [0.2, 0.25) is 0 Å². The molecule has 0 heterocycles. The second-order valence-electron chi connectivity index (χ2n) is 2.72. The molecule has 0 unspecified atom stereocenters. The van der Waals surface area contributed by atoms with Crippen molar-refractivity contribution in [3.63, 3.8) is 0 Å². The topological polar surface area (TPSA) is 97.3 Å². The summed E-state index contributed by atoms with van der Waals surface area (Å²) in [5.41, 5.74) is -0.116. The molecule has 1 aromatic carbocycles. The molecule has 0 aromatic heterocycles. The molecule has 5 nitrogen and oxygen atoms in total. The fourth-order valence-electron chi connectivity index (χ4n) is 0.996. The van der Waals surface area contributed by atoms with Crippen LogP contribution >= 0.6 is 0 Å². The largest absolute Gasteiger partial charge is 0.744 e. The molecule has 0 radical (unpaired) electrons. The quantitative estimate of drug-likeness (QED) is 0.604. The Kier molecular flexibility index (Phi) is 2.59. The molecule has 14 heavy (non-hydrogen) atoms. The van der Waals surface area contributed by atoms with Gasteiger partial charge < -0.3 is 14.5 Å². The summed E-state index contributed by atoms with van der Waals surface area (Å²) in [6.45, 7) is 1.41. The van der Waals surface area contributed by atoms with Gasteiger partial charge in [0, 0.05) is 0 Å². The minimum atomic E-state index is -4.63. The van der Waals surface area contributed by atoms with Crippen molar-refractivity contribution in [1.82, 2.24) is 0 Å². The standard InChI is InChI=1S/C8H8O5S/c1-5-2-3-6(8(9)10)4-7(5)14(11,12)13/h2-4H,1H3,(H,9,10)(H,11,12,13)/p-2. The van der Waals surface area contributed by atoms with Crippen LogP contribution in [0.5, 0.6) is 0 Å². The number of hydrogen-bond acceptors (Lipinski definition) is 5. The van der Waals surface area contributed by atoms with E-state index in [-0.39, 0.29) is 11.1 Å². The highest BCUT2D eigenvalue weighted by molar-refractivity contribution is 7.85. The molecule has 0 bridgehead atoms. The minimum Gasteiger partial charge on any atom is -0.744 e. The molecule has 1 aromatic rings. The van der Waals surface area contributed by atoms with Crippen LogP contribution in [0.1, 0.15) is 15.9 Å². The number of aryl methyl sites for hydroxylation is 1. The third kappa shape index (κ3) is 2.09. The Bertz CT molecular complexity index is 475. The van der Waals surface area contributed by atoms with E-state index in [4.69, 9.17) is 0 Å². The van der Waals surface area contributed by atoms with E-state index < -0.39 is 21.0 Å². The molecule has 0 amide bonds. The summed E-state index contributed by atoms with van der Waals surface area (Å²) < 4.78 is 32.0. The van der Waals surface area contributed by atoms with Crippen LogP contribution < -0.4 is 5.11 Å². The van der Waals surface area contributed by atoms with Gasteiger partial charge in [0.05, 0.1) is 10.9 Å². The van der Waals surface area contributed by atoms with Crippen LogP contribution in [-0.2, 0) is 10.1 Å². The molecule has 0 N–H and O–H groups in total. The molecule has 0 atom stereocenters. The van der Waals surface area contributed by atoms with E-state index in [0.717, 1.165) is 6.07 Å². The van der Waals surface area contributed by atoms with Crippen LogP contribution in [-0.4, -0.2) is 18.9 Å². The number of benzene rings is 1. The lowest BCUT2D eigenvalue weighted by molar-refractivity contribution is -0.255. The first-order chi connectivity index (χ1) is 6.32. The summed E-state index contributed by atoms with van der Waals surface area (Å²) >= 11 is 0. The normalized spacial score (nSPS) is 11.3. The summed E-state index contributed by atoms with van der Waals surface area (Å²) in [7, 11) is -4.63. The number of carboxylic acids is 1. The lowest BCUT2D eigenvalue weighted by Gasteiger charge is -2.12. The Hall–Kier alpha value is -1.40. The van der Waals surface area contributed by atoms with Crippen LogP contribution in [0.15, 0.2) is 23.1 Å². The molecular weight excluding hydrogens is 208 g/mol. The first-order valence-corrected chi connectivity index (χ1v) is 5.01. The summed E-state index contributed by atoms with van der Waals surface area (Å²) in [6.07, 6.45) is 0. The summed E-state index contributed by atoms with van der Waals surface area (Å²) in [6, 6.07) is 3.22. The maximum Gasteiger partial charge on any atom is 0.124 e. The number of aromatic carboxylic acids is 1. The first-order valence-electron chi connectivity index (χ1n) is 3.60. The van der Waals surface area contributed by atoms with Gasteiger partial charge in [-0.25, -0.2) is 8.42 Å². The average Bonchev–Trinajstić information content (AvgIpc) is 2.02. The zero-order valence-corrected chi connectivity index (χ0v) is 8.00. The highest BCUT2D eigenvalue weighted by Gasteiger charge is 2.06. The van der Waals surface area contributed by atoms with Crippen LogP contribution in [0, 0.1) is 6.92 Å². The first kappa shape index (κ1) is 10.7. The van der Waals surface area contributed by atoms with Gasteiger partial charge in [-0.2, -0.15) is 0 Å². The van der Waals surface area contributed by atoms with Gasteiger partial charge >= 0.3 is 0 Å². The SMILES string of the molecule is Cc1ccc(C(=O)[O-])cc1S(=O)(=O)[O-]. The molecule has 0 aliphatic carbocycles. The Morgan fingerprint density at radius 1 is 1.36 bits per heavy atom. The second-order valence-corrected chi connectivity index (χ2v) is 4.07. The van der Waals surface area contributed by atoms with Gasteiger partial charge in [0.15, 0.2) is 0 Å². The summed E-state index contributed by atoms with van der Waals surface area (Å²) in [5.74, 6) is -1.52. The van der Waals surface area contributed by atoms with Crippen LogP contribution in [0.25, 0.3) is 0 Å². The highest BCUT2D eigenvalue weighted by Crippen LogP contribution is 2.16. The van der Waals surface area contributed by atoms with Crippen LogP contribution in [0.2, 0.25) is 0 Å². The van der Waals surface area contributed by atoms with Gasteiger partial charge in [0.25, 0.3) is 0 Å². The number of carbonyl (C=O) groups excluding carboxylic acids is 1. The zero-order valence-electron chi connectivity index (χ0n) is 7.18. The van der Waals surface area contributed by atoms with E-state index in [0.29, 0.717) is 0 Å². The molecule has 0 saturated carbocycles. The number of hydrogen-bond donors (Lipinski definition) is 0. The van der Waals surface area contributed by atoms with E-state index in [2.05, 4.69) is 0 Å². The maximum absolute atomic E-state index is 10.7. The van der Waals surface area contributed by atoms with Gasteiger partial charge in [-0.3, -0.25) is 0 Å². The van der Waals surface area contributed by atoms with Crippen molar-refractivity contribution in [2.75, 3.05) is 0 Å². The molecular formula is C8H6O5S-2. The summed E-state index contributed by atoms with van der Waals surface area (Å²) in [4.78, 5) is 9.85. The lowest BCUT2D eigenvalue weighted by atomic mass is 10.1. The van der Waals surface area contributed by atoms with Gasteiger partial charge in [-0.15, -0.1) is 0 Å². The predicted molar refractivity (Wildman–Crippen MR) is 43.5 cm³/mol. The monoisotopic (exact) mass is 214 g/mol.